The van der Waals surface area contributed by atoms with Gasteiger partial charge in [0.05, 0.1) is 0 Å². The van der Waals surface area contributed by atoms with E-state index in [2.05, 4.69) is 147 Å². The standard InChI is InChI=1S/C20H15.C13H9.C6H5.CH3.2ClH.Si.Zr/c1-14-12-16-8-5-11-19(20(16)13-14)18-10-4-7-15-6-2-3-9-17(15)18;1-3-7-12-10(5-1)9-11-6-2-4-8-13(11)12;1-2-4-6-5-3-1;;;;;/h2-13H,1H3;1-9H;1-5H;1H3;2*1H;;/q4*-1;;;;. The first-order chi connectivity index (χ1) is 20.3. The summed E-state index contributed by atoms with van der Waals surface area (Å²) in [6.07, 6.45) is 0. The summed E-state index contributed by atoms with van der Waals surface area (Å²) in [6, 6.07) is 58.0. The van der Waals surface area contributed by atoms with Crippen LogP contribution in [0.5, 0.6) is 0 Å². The second-order valence-electron chi connectivity index (χ2n) is 9.76. The summed E-state index contributed by atoms with van der Waals surface area (Å²) >= 11 is 1.36. The van der Waals surface area contributed by atoms with Crippen molar-refractivity contribution < 1.29 is 23.3 Å². The van der Waals surface area contributed by atoms with Crippen molar-refractivity contribution in [2.75, 3.05) is 0 Å². The van der Waals surface area contributed by atoms with E-state index in [-0.39, 0.29) is 32.2 Å². The van der Waals surface area contributed by atoms with Crippen LogP contribution in [0.4, 0.5) is 0 Å². The number of fused-ring (bicyclic) bond motifs is 5. The van der Waals surface area contributed by atoms with Gasteiger partial charge in [0, 0.05) is 0 Å². The van der Waals surface area contributed by atoms with Gasteiger partial charge in [-0.1, -0.05) is 97.4 Å². The second kappa shape index (κ2) is 18.5. The Balaban J connectivity index is 0.000000244. The van der Waals surface area contributed by atoms with Crippen LogP contribution in [0.1, 0.15) is 5.56 Å². The molecule has 0 unspecified atom stereocenters. The van der Waals surface area contributed by atoms with Crippen molar-refractivity contribution in [2.24, 2.45) is 0 Å². The van der Waals surface area contributed by atoms with Crippen LogP contribution in [0.2, 0.25) is 0 Å². The minimum Gasteiger partial charge on any atom is -0.184 e. The molecule has 0 saturated heterocycles. The Morgan fingerprint density at radius 3 is 1.52 bits per heavy atom. The van der Waals surface area contributed by atoms with Crippen LogP contribution < -0.4 is 0 Å². The molecule has 44 heavy (non-hydrogen) atoms. The number of rotatable bonds is 1. The van der Waals surface area contributed by atoms with E-state index in [1.807, 2.05) is 30.3 Å². The summed E-state index contributed by atoms with van der Waals surface area (Å²) in [6.45, 7) is 5.22. The molecule has 0 fully saturated rings. The topological polar surface area (TPSA) is 0 Å². The number of benzene rings is 6. The van der Waals surface area contributed by atoms with Crippen LogP contribution in [0.25, 0.3) is 54.2 Å². The molecule has 0 N–H and O–H groups in total. The van der Waals surface area contributed by atoms with Crippen LogP contribution >= 0.6 is 24.8 Å². The molecular weight excluding hydrogens is 671 g/mol. The van der Waals surface area contributed by atoms with E-state index in [0.29, 0.717) is 0 Å². The van der Waals surface area contributed by atoms with Crippen LogP contribution in [-0.4, -0.2) is 6.88 Å². The average Bonchev–Trinajstić information content (AvgIpc) is 3.63. The van der Waals surface area contributed by atoms with Crippen LogP contribution in [-0.2, 0) is 23.3 Å². The maximum Gasteiger partial charge on any atom is -0.0771 e. The molecule has 2 radical (unpaired) electrons. The maximum absolute atomic E-state index is 3.06. The van der Waals surface area contributed by atoms with Gasteiger partial charge >= 0.3 is 30.2 Å². The van der Waals surface area contributed by atoms with E-state index in [1.165, 1.54) is 83.1 Å². The molecule has 0 spiro atoms. The molecule has 0 aliphatic carbocycles. The zero-order chi connectivity index (χ0) is 28.4. The molecule has 0 amide bonds. The third-order valence-electron chi connectivity index (χ3n) is 7.10. The monoisotopic (exact) mass is 702 g/mol. The summed E-state index contributed by atoms with van der Waals surface area (Å²) < 4.78 is 0. The van der Waals surface area contributed by atoms with Crippen LogP contribution in [0.3, 0.4) is 0 Å². The third-order valence-corrected chi connectivity index (χ3v) is 7.10. The van der Waals surface area contributed by atoms with Crippen molar-refractivity contribution in [2.45, 2.75) is 6.92 Å². The van der Waals surface area contributed by atoms with Gasteiger partial charge in [-0.3, -0.25) is 0 Å². The Morgan fingerprint density at radius 2 is 0.955 bits per heavy atom. The molecule has 0 nitrogen and oxygen atoms in total. The second-order valence-corrected chi connectivity index (χ2v) is 9.76. The number of halogens is 2. The van der Waals surface area contributed by atoms with E-state index >= 15 is 0 Å². The van der Waals surface area contributed by atoms with Crippen molar-refractivity contribution in [1.29, 1.82) is 0 Å². The first-order valence-corrected chi connectivity index (χ1v) is 17.8. The quantitative estimate of drug-likeness (QED) is 0.118. The fraction of sp³-hybridized carbons (Fsp3) is 0.0250. The minimum atomic E-state index is 0. The van der Waals surface area contributed by atoms with Gasteiger partial charge in [-0.15, -0.1) is 99.1 Å². The summed E-state index contributed by atoms with van der Waals surface area (Å²) in [7, 11) is 0. The summed E-state index contributed by atoms with van der Waals surface area (Å²) in [5.41, 5.74) is 3.97. The van der Waals surface area contributed by atoms with E-state index < -0.39 is 0 Å². The smallest absolute Gasteiger partial charge is 0.0771 e. The average molecular weight is 705 g/mol. The molecule has 220 valence electrons. The van der Waals surface area contributed by atoms with Gasteiger partial charge < -0.3 is 7.43 Å². The molecule has 8 rings (SSSR count). The van der Waals surface area contributed by atoms with Gasteiger partial charge in [-0.05, 0) is 16.3 Å². The van der Waals surface area contributed by atoms with E-state index in [0.717, 1.165) is 0 Å². The zero-order valence-electron chi connectivity index (χ0n) is 24.8. The number of hydrogen-bond acceptors (Lipinski definition) is 0. The normalized spacial score (nSPS) is 9.55. The molecule has 0 aromatic heterocycles. The Kier molecular flexibility index (Phi) is 15.5. The summed E-state index contributed by atoms with van der Waals surface area (Å²) in [4.78, 5) is 0. The van der Waals surface area contributed by atoms with E-state index in [4.69, 9.17) is 0 Å². The van der Waals surface area contributed by atoms with Gasteiger partial charge in [0.2, 0.25) is 0 Å². The third kappa shape index (κ3) is 8.68. The van der Waals surface area contributed by atoms with Crippen molar-refractivity contribution in [1.82, 2.24) is 0 Å². The molecule has 0 saturated carbocycles. The summed E-state index contributed by atoms with van der Waals surface area (Å²) in [5, 5.41) is 10.7. The van der Waals surface area contributed by atoms with Crippen LogP contribution in [0, 0.1) is 20.4 Å². The minimum absolute atomic E-state index is 0. The summed E-state index contributed by atoms with van der Waals surface area (Å²) in [5.74, 6) is 0. The molecule has 0 aliphatic heterocycles. The van der Waals surface area contributed by atoms with E-state index in [9.17, 15) is 0 Å². The van der Waals surface area contributed by atoms with Gasteiger partial charge in [0.15, 0.2) is 0 Å². The maximum atomic E-state index is 3.06. The first kappa shape index (κ1) is 36.9. The van der Waals surface area contributed by atoms with Gasteiger partial charge in [0.25, 0.3) is 0 Å². The van der Waals surface area contributed by atoms with Gasteiger partial charge in [-0.2, -0.15) is 42.5 Å². The number of hydrogen-bond donors (Lipinski definition) is 0. The largest absolute Gasteiger partial charge is 0.184 e. The fourth-order valence-electron chi connectivity index (χ4n) is 5.33. The molecular formula is C40H34Cl2SiZr-4. The van der Waals surface area contributed by atoms with Crippen molar-refractivity contribution in [3.8, 4) is 11.1 Å². The molecule has 0 heterocycles. The predicted molar refractivity (Wildman–Crippen MR) is 196 cm³/mol. The molecule has 0 atom stereocenters. The molecule has 0 aliphatic rings. The Morgan fingerprint density at radius 1 is 0.500 bits per heavy atom. The molecule has 8 aromatic rings. The van der Waals surface area contributed by atoms with Crippen LogP contribution in [0.15, 0.2) is 158 Å². The Hall–Kier alpha value is -3.26. The van der Waals surface area contributed by atoms with Gasteiger partial charge in [0.1, 0.15) is 0 Å². The first-order valence-electron chi connectivity index (χ1n) is 13.6. The molecule has 0 bridgehead atoms. The van der Waals surface area contributed by atoms with Crippen molar-refractivity contribution in [3.05, 3.63) is 177 Å². The Labute approximate surface area is 290 Å². The fourth-order valence-corrected chi connectivity index (χ4v) is 5.33. The predicted octanol–water partition coefficient (Wildman–Crippen LogP) is 11.8. The van der Waals surface area contributed by atoms with Crippen molar-refractivity contribution in [3.63, 3.8) is 0 Å². The van der Waals surface area contributed by atoms with E-state index in [1.54, 1.807) is 0 Å². The zero-order valence-corrected chi connectivity index (χ0v) is 29.9. The van der Waals surface area contributed by atoms with Crippen molar-refractivity contribution >= 4 is 74.8 Å². The SMILES string of the molecule is Cc1cc2c(-c3cccc4ccccc34)cccc2[cH-]1.Cl.Cl.[CH3-].[Si]=[Zr].[c-]1ccccc1.c1ccc2c(c1)[cH-]c1ccccc12. The van der Waals surface area contributed by atoms with Gasteiger partial charge in [-0.25, -0.2) is 0 Å². The Bertz CT molecular complexity index is 1930. The molecule has 4 heteroatoms. The molecule has 8 aromatic carbocycles. The number of aryl methyl sites for hydroxylation is 1.